The van der Waals surface area contributed by atoms with E-state index in [-0.39, 0.29) is 35.6 Å². The highest BCUT2D eigenvalue weighted by atomic mass is 32.2. The molecule has 41 heavy (non-hydrogen) atoms. The minimum Gasteiger partial charge on any atom is -0.394 e. The van der Waals surface area contributed by atoms with Crippen molar-refractivity contribution in [2.24, 2.45) is 0 Å². The monoisotopic (exact) mass is 620 g/mol. The van der Waals surface area contributed by atoms with Crippen LogP contribution in [0.1, 0.15) is 35.4 Å². The number of aryl methyl sites for hydroxylation is 1. The van der Waals surface area contributed by atoms with E-state index in [1.807, 2.05) is 0 Å². The van der Waals surface area contributed by atoms with E-state index in [0.717, 1.165) is 16.4 Å². The number of rotatable bonds is 7. The quantitative estimate of drug-likeness (QED) is 0.276. The fourth-order valence-corrected chi connectivity index (χ4v) is 8.21. The Morgan fingerprint density at radius 3 is 2.41 bits per heavy atom. The van der Waals surface area contributed by atoms with Gasteiger partial charge in [0.15, 0.2) is 27.3 Å². The molecule has 2 aliphatic rings. The maximum absolute atomic E-state index is 13.8. The highest BCUT2D eigenvalue weighted by Crippen LogP contribution is 2.49. The van der Waals surface area contributed by atoms with Crippen LogP contribution >= 0.6 is 11.8 Å². The summed E-state index contributed by atoms with van der Waals surface area (Å²) in [7, 11) is -3.35. The second-order valence-corrected chi connectivity index (χ2v) is 13.7. The Labute approximate surface area is 236 Å². The number of benzene rings is 1. The first-order valence-electron chi connectivity index (χ1n) is 12.5. The van der Waals surface area contributed by atoms with Crippen LogP contribution in [-0.4, -0.2) is 96.5 Å². The molecule has 2 fully saturated rings. The second-order valence-electron chi connectivity index (χ2n) is 10.2. The highest BCUT2D eigenvalue weighted by Gasteiger charge is 2.51. The fourth-order valence-electron chi connectivity index (χ4n) is 5.03. The van der Waals surface area contributed by atoms with Crippen LogP contribution in [0.2, 0.25) is 0 Å². The van der Waals surface area contributed by atoms with Crippen LogP contribution in [0.25, 0.3) is 11.3 Å². The molecular formula is C24H27F3N4O8S2. The first-order chi connectivity index (χ1) is 19.3. The van der Waals surface area contributed by atoms with E-state index in [1.54, 1.807) is 6.92 Å². The maximum Gasteiger partial charge on any atom is 0.194 e. The Hall–Kier alpha value is -2.54. The summed E-state index contributed by atoms with van der Waals surface area (Å²) in [6.07, 6.45) is -2.02. The third kappa shape index (κ3) is 5.76. The highest BCUT2D eigenvalue weighted by molar-refractivity contribution is 8.00. The van der Waals surface area contributed by atoms with E-state index < -0.39 is 74.5 Å². The number of sulfone groups is 1. The van der Waals surface area contributed by atoms with Crippen molar-refractivity contribution in [2.75, 3.05) is 18.1 Å². The van der Waals surface area contributed by atoms with Gasteiger partial charge in [0.2, 0.25) is 0 Å². The molecule has 12 nitrogen and oxygen atoms in total. The molecule has 6 atom stereocenters. The van der Waals surface area contributed by atoms with Gasteiger partial charge in [-0.25, -0.2) is 26.3 Å². The number of aliphatic hydroxyl groups excluding tert-OH is 3. The zero-order chi connectivity index (χ0) is 29.7. The lowest BCUT2D eigenvalue weighted by molar-refractivity contribution is -0.179. The lowest BCUT2D eigenvalue weighted by Gasteiger charge is -2.45. The molecule has 2 aliphatic heterocycles. The summed E-state index contributed by atoms with van der Waals surface area (Å²) >= 11 is 0.915. The molecule has 224 valence electrons. The molecular weight excluding hydrogens is 593 g/mol. The molecule has 0 unspecified atom stereocenters. The van der Waals surface area contributed by atoms with Crippen molar-refractivity contribution < 1.29 is 51.3 Å². The lowest BCUT2D eigenvalue weighted by atomic mass is 9.89. The molecule has 0 bridgehead atoms. The minimum atomic E-state index is -3.35. The van der Waals surface area contributed by atoms with Crippen LogP contribution in [0.3, 0.4) is 0 Å². The van der Waals surface area contributed by atoms with Gasteiger partial charge < -0.3 is 29.7 Å². The van der Waals surface area contributed by atoms with Crippen LogP contribution in [0, 0.1) is 24.4 Å². The number of aromatic nitrogens is 4. The van der Waals surface area contributed by atoms with Gasteiger partial charge in [-0.05, 0) is 31.9 Å². The van der Waals surface area contributed by atoms with Crippen molar-refractivity contribution >= 4 is 21.6 Å². The summed E-state index contributed by atoms with van der Waals surface area (Å²) in [6.45, 7) is 1.01. The van der Waals surface area contributed by atoms with Crippen molar-refractivity contribution in [1.29, 1.82) is 0 Å². The van der Waals surface area contributed by atoms with E-state index in [2.05, 4.69) is 15.5 Å². The summed E-state index contributed by atoms with van der Waals surface area (Å²) in [6, 6.07) is 0.138. The number of hydrogen-bond donors (Lipinski definition) is 4. The molecule has 17 heteroatoms. The van der Waals surface area contributed by atoms with Crippen molar-refractivity contribution in [1.82, 2.24) is 20.2 Å². The number of halogens is 3. The number of nitrogens with zero attached hydrogens (tertiary/aromatic N) is 4. The van der Waals surface area contributed by atoms with Crippen LogP contribution in [0.4, 0.5) is 13.2 Å². The third-order valence-electron chi connectivity index (χ3n) is 7.43. The van der Waals surface area contributed by atoms with Crippen LogP contribution in [0.5, 0.6) is 0 Å². The first-order valence-corrected chi connectivity index (χ1v) is 15.3. The normalized spacial score (nSPS) is 28.4. The molecule has 0 saturated carbocycles. The predicted octanol–water partition coefficient (Wildman–Crippen LogP) is 1.05. The van der Waals surface area contributed by atoms with Crippen molar-refractivity contribution in [2.45, 2.75) is 60.4 Å². The standard InChI is InChI=1S/C24H27F3N4O8S2/c1-11-10-38-29-18(11)22(24(35)2-4-41(36,37)5-3-24)40-23-21(34)19(20(33)16(9-32)39-23)31-8-15(28-30-31)12-6-13(25)17(27)14(26)7-12/h6-8,10,16,19-23,32-35H,2-5,9H2,1H3/t16-,19+,20+,21-,22-,23+/m1/s1. The van der Waals surface area contributed by atoms with Gasteiger partial charge in [0.05, 0.1) is 35.2 Å². The SMILES string of the molecule is Cc1conc1[C@@H](S[C@@H]1O[C@H](CO)[C@H](O)[C@H](n2cc(-c3cc(F)c(F)c(F)c3)nn2)[C@H]1O)C1(O)CCS(=O)(=O)CC1. The van der Waals surface area contributed by atoms with Gasteiger partial charge in [-0.15, -0.1) is 16.9 Å². The van der Waals surface area contributed by atoms with E-state index >= 15 is 0 Å². The number of thioether (sulfide) groups is 1. The van der Waals surface area contributed by atoms with Gasteiger partial charge in [0.1, 0.15) is 47.4 Å². The van der Waals surface area contributed by atoms with E-state index in [9.17, 15) is 42.0 Å². The number of ether oxygens (including phenoxy) is 1. The third-order valence-corrected chi connectivity index (χ3v) is 10.7. The molecule has 0 aliphatic carbocycles. The summed E-state index contributed by atoms with van der Waals surface area (Å²) in [4.78, 5) is 0. The van der Waals surface area contributed by atoms with Crippen molar-refractivity contribution in [3.8, 4) is 11.3 Å². The van der Waals surface area contributed by atoms with Gasteiger partial charge in [0, 0.05) is 11.1 Å². The van der Waals surface area contributed by atoms with E-state index in [4.69, 9.17) is 9.26 Å². The second kappa shape index (κ2) is 11.3. The van der Waals surface area contributed by atoms with E-state index in [0.29, 0.717) is 23.4 Å². The summed E-state index contributed by atoms with van der Waals surface area (Å²) in [5.74, 6) is -5.08. The Bertz CT molecular complexity index is 1480. The number of hydrogen-bond acceptors (Lipinski definition) is 12. The van der Waals surface area contributed by atoms with Crippen LogP contribution < -0.4 is 0 Å². The molecule has 4 heterocycles. The average molecular weight is 621 g/mol. The summed E-state index contributed by atoms with van der Waals surface area (Å²) in [5, 5.41) is 54.6. The Kier molecular flexibility index (Phi) is 8.23. The Morgan fingerprint density at radius 2 is 1.83 bits per heavy atom. The van der Waals surface area contributed by atoms with Gasteiger partial charge in [-0.3, -0.25) is 0 Å². The Balaban J connectivity index is 1.47. The molecule has 0 amide bonds. The predicted molar refractivity (Wildman–Crippen MR) is 137 cm³/mol. The molecule has 5 rings (SSSR count). The van der Waals surface area contributed by atoms with Crippen molar-refractivity contribution in [3.05, 3.63) is 53.3 Å². The molecule has 3 aromatic rings. The smallest absolute Gasteiger partial charge is 0.194 e. The van der Waals surface area contributed by atoms with Crippen LogP contribution in [0.15, 0.2) is 29.1 Å². The molecule has 2 aromatic heterocycles. The molecule has 2 saturated heterocycles. The summed E-state index contributed by atoms with van der Waals surface area (Å²) < 4.78 is 77.1. The number of aliphatic hydroxyl groups is 4. The molecule has 0 spiro atoms. The maximum atomic E-state index is 13.8. The van der Waals surface area contributed by atoms with Crippen molar-refractivity contribution in [3.63, 3.8) is 0 Å². The van der Waals surface area contributed by atoms with Crippen LogP contribution in [-0.2, 0) is 14.6 Å². The molecule has 0 radical (unpaired) electrons. The zero-order valence-corrected chi connectivity index (χ0v) is 23.1. The van der Waals surface area contributed by atoms with Gasteiger partial charge in [-0.2, -0.15) is 0 Å². The van der Waals surface area contributed by atoms with Gasteiger partial charge >= 0.3 is 0 Å². The first kappa shape index (κ1) is 29.9. The molecule has 4 N–H and O–H groups in total. The Morgan fingerprint density at radius 1 is 1.17 bits per heavy atom. The fraction of sp³-hybridized carbons (Fsp3) is 0.542. The largest absolute Gasteiger partial charge is 0.394 e. The average Bonchev–Trinajstić information content (AvgIpc) is 3.58. The zero-order valence-electron chi connectivity index (χ0n) is 21.5. The minimum absolute atomic E-state index is 0.0905. The topological polar surface area (TPSA) is 181 Å². The van der Waals surface area contributed by atoms with Gasteiger partial charge in [0.25, 0.3) is 0 Å². The lowest BCUT2D eigenvalue weighted by Crippen LogP contribution is -2.55. The summed E-state index contributed by atoms with van der Waals surface area (Å²) in [5.41, 5.74) is -2.18. The van der Waals surface area contributed by atoms with E-state index in [1.165, 1.54) is 12.5 Å². The molecule has 1 aromatic carbocycles. The van der Waals surface area contributed by atoms with Gasteiger partial charge in [-0.1, -0.05) is 10.4 Å².